The number of esters is 2. The number of phosphoric acid groups is 1. The number of allylic oxidation sites excluding steroid dienone is 12. The maximum atomic E-state index is 12.8. The summed E-state index contributed by atoms with van der Waals surface area (Å²) in [5.74, 6) is -1.18. The highest BCUT2D eigenvalue weighted by Gasteiger charge is 2.51. The fraction of sp³-hybridized carbons (Fsp3) is 0.725. The average molecular weight is 939 g/mol. The third-order valence-corrected chi connectivity index (χ3v) is 12.0. The summed E-state index contributed by atoms with van der Waals surface area (Å²) in [5.41, 5.74) is 0. The second-order valence-electron chi connectivity index (χ2n) is 16.9. The maximum Gasteiger partial charge on any atom is 0.472 e. The van der Waals surface area contributed by atoms with E-state index < -0.39 is 75.7 Å². The predicted octanol–water partition coefficient (Wildman–Crippen LogP) is 10.3. The third kappa shape index (κ3) is 32.6. The van der Waals surface area contributed by atoms with Crippen LogP contribution < -0.4 is 0 Å². The minimum atomic E-state index is -5.14. The SMILES string of the molecule is CC/C=C\C/C=C\C/C=C\C/C=C\C/C=C\CCCC(=O)OC[C@H](COP(=O)(O)OC1C(O)C(O)C(O)[C@@H](O)C1O)OC(=O)CCCCCCCCC/C=C\CCCCCCCCCC. The van der Waals surface area contributed by atoms with Crippen molar-refractivity contribution in [3.05, 3.63) is 72.9 Å². The van der Waals surface area contributed by atoms with E-state index in [1.807, 2.05) is 12.2 Å². The molecule has 0 radical (unpaired) electrons. The molecule has 6 N–H and O–H groups in total. The lowest BCUT2D eigenvalue weighted by Crippen LogP contribution is -2.64. The molecule has 13 nitrogen and oxygen atoms in total. The van der Waals surface area contributed by atoms with Crippen molar-refractivity contribution >= 4 is 19.8 Å². The Labute approximate surface area is 391 Å². The van der Waals surface area contributed by atoms with Gasteiger partial charge in [0, 0.05) is 12.8 Å². The lowest BCUT2D eigenvalue weighted by atomic mass is 9.85. The zero-order chi connectivity index (χ0) is 47.8. The molecule has 8 atom stereocenters. The van der Waals surface area contributed by atoms with Gasteiger partial charge in [-0.05, 0) is 77.0 Å². The Balaban J connectivity index is 2.47. The van der Waals surface area contributed by atoms with E-state index in [1.54, 1.807) is 0 Å². The van der Waals surface area contributed by atoms with Crippen LogP contribution in [0.2, 0.25) is 0 Å². The van der Waals surface area contributed by atoms with Gasteiger partial charge in [-0.3, -0.25) is 18.6 Å². The summed E-state index contributed by atoms with van der Waals surface area (Å²) in [7, 11) is -5.14. The van der Waals surface area contributed by atoms with Crippen LogP contribution in [0.15, 0.2) is 72.9 Å². The Morgan fingerprint density at radius 1 is 0.492 bits per heavy atom. The zero-order valence-corrected chi connectivity index (χ0v) is 40.7. The van der Waals surface area contributed by atoms with E-state index in [4.69, 9.17) is 18.5 Å². The second kappa shape index (κ2) is 40.4. The first kappa shape index (κ1) is 60.3. The molecule has 0 aliphatic heterocycles. The van der Waals surface area contributed by atoms with Gasteiger partial charge in [0.1, 0.15) is 43.2 Å². The minimum absolute atomic E-state index is 0.0766. The summed E-state index contributed by atoms with van der Waals surface area (Å²) in [6, 6.07) is 0. The predicted molar refractivity (Wildman–Crippen MR) is 258 cm³/mol. The molecule has 0 saturated heterocycles. The first-order valence-electron chi connectivity index (χ1n) is 24.7. The second-order valence-corrected chi connectivity index (χ2v) is 18.3. The number of unbranched alkanes of at least 4 members (excludes halogenated alkanes) is 16. The van der Waals surface area contributed by atoms with Gasteiger partial charge in [-0.25, -0.2) is 4.57 Å². The maximum absolute atomic E-state index is 12.8. The fourth-order valence-electron chi connectivity index (χ4n) is 7.08. The molecule has 374 valence electrons. The molecule has 0 heterocycles. The standard InChI is InChI=1S/C51H87O13P/c1-3-5-7-9-11-13-15-17-19-21-22-24-26-28-30-32-34-36-38-40-45(53)63-43(42-62-65(59,60)64-51-49(57)47(55)46(54)48(56)50(51)58)41-61-44(52)39-37-35-33-31-29-27-25-23-20-18-16-14-12-10-8-6-4-2/h6,8,12,14,18,20-22,25,27,31,33,43,46-51,54-58H,3-5,7,9-11,13,15-17,19,23-24,26,28-30,32,34-42H2,1-2H3,(H,59,60)/b8-6-,14-12-,20-18-,22-21-,27-25-,33-31-/t43-,46?,47-,48?,49?,50?,51?/m1/s1. The summed E-state index contributed by atoms with van der Waals surface area (Å²) in [6.07, 6.45) is 38.1. The number of hydrogen-bond acceptors (Lipinski definition) is 12. The summed E-state index contributed by atoms with van der Waals surface area (Å²) in [4.78, 5) is 35.8. The summed E-state index contributed by atoms with van der Waals surface area (Å²) >= 11 is 0. The van der Waals surface area contributed by atoms with Crippen LogP contribution in [0.3, 0.4) is 0 Å². The number of carbonyl (C=O) groups is 2. The van der Waals surface area contributed by atoms with E-state index in [0.717, 1.165) is 70.6 Å². The lowest BCUT2D eigenvalue weighted by Gasteiger charge is -2.41. The molecule has 1 saturated carbocycles. The van der Waals surface area contributed by atoms with Gasteiger partial charge in [0.2, 0.25) is 0 Å². The molecule has 14 heteroatoms. The fourth-order valence-corrected chi connectivity index (χ4v) is 8.05. The molecule has 65 heavy (non-hydrogen) atoms. The molecule has 0 aromatic heterocycles. The molecule has 0 aromatic carbocycles. The topological polar surface area (TPSA) is 210 Å². The Morgan fingerprint density at radius 2 is 0.892 bits per heavy atom. The molecule has 0 spiro atoms. The number of ether oxygens (including phenoxy) is 2. The summed E-state index contributed by atoms with van der Waals surface area (Å²) in [5, 5.41) is 50.2. The van der Waals surface area contributed by atoms with Gasteiger partial charge in [0.25, 0.3) is 0 Å². The number of carbonyl (C=O) groups excluding carboxylic acids is 2. The molecule has 0 aromatic rings. The Morgan fingerprint density at radius 3 is 1.40 bits per heavy atom. The highest BCUT2D eigenvalue weighted by atomic mass is 31.2. The summed E-state index contributed by atoms with van der Waals surface area (Å²) < 4.78 is 33.5. The largest absolute Gasteiger partial charge is 0.472 e. The molecule has 1 fully saturated rings. The number of rotatable bonds is 40. The molecule has 0 amide bonds. The quantitative estimate of drug-likeness (QED) is 0.0146. The summed E-state index contributed by atoms with van der Waals surface area (Å²) in [6.45, 7) is 3.14. The van der Waals surface area contributed by atoms with E-state index >= 15 is 0 Å². The molecule has 0 bridgehead atoms. The van der Waals surface area contributed by atoms with Gasteiger partial charge in [-0.1, -0.05) is 164 Å². The van der Waals surface area contributed by atoms with Crippen LogP contribution in [0.4, 0.5) is 0 Å². The first-order valence-corrected chi connectivity index (χ1v) is 26.2. The van der Waals surface area contributed by atoms with Crippen LogP contribution in [0.5, 0.6) is 0 Å². The van der Waals surface area contributed by atoms with Crippen molar-refractivity contribution in [1.29, 1.82) is 0 Å². The number of phosphoric ester groups is 1. The molecule has 1 aliphatic rings. The number of aliphatic hydroxyl groups excluding tert-OH is 5. The first-order chi connectivity index (χ1) is 31.4. The van der Waals surface area contributed by atoms with E-state index in [-0.39, 0.29) is 12.8 Å². The van der Waals surface area contributed by atoms with Crippen molar-refractivity contribution < 1.29 is 63.1 Å². The van der Waals surface area contributed by atoms with E-state index in [1.165, 1.54) is 64.2 Å². The third-order valence-electron chi connectivity index (χ3n) is 11.0. The van der Waals surface area contributed by atoms with Crippen molar-refractivity contribution in [2.45, 2.75) is 224 Å². The van der Waals surface area contributed by atoms with Crippen LogP contribution in [0.25, 0.3) is 0 Å². The van der Waals surface area contributed by atoms with Crippen LogP contribution >= 0.6 is 7.82 Å². The van der Waals surface area contributed by atoms with Gasteiger partial charge in [0.05, 0.1) is 6.61 Å². The van der Waals surface area contributed by atoms with Crippen molar-refractivity contribution in [3.63, 3.8) is 0 Å². The molecule has 1 rings (SSSR count). The number of aliphatic hydroxyl groups is 5. The molecular formula is C51H87O13P. The Hall–Kier alpha value is -2.71. The highest BCUT2D eigenvalue weighted by Crippen LogP contribution is 2.47. The van der Waals surface area contributed by atoms with Crippen LogP contribution in [-0.4, -0.2) is 98.3 Å². The van der Waals surface area contributed by atoms with Crippen LogP contribution in [-0.2, 0) is 32.7 Å². The highest BCUT2D eigenvalue weighted by molar-refractivity contribution is 7.47. The van der Waals surface area contributed by atoms with Gasteiger partial charge < -0.3 is 39.9 Å². The van der Waals surface area contributed by atoms with Crippen molar-refractivity contribution in [2.75, 3.05) is 13.2 Å². The van der Waals surface area contributed by atoms with Crippen molar-refractivity contribution in [2.24, 2.45) is 0 Å². The smallest absolute Gasteiger partial charge is 0.462 e. The van der Waals surface area contributed by atoms with E-state index in [9.17, 15) is 44.6 Å². The Kier molecular flexibility index (Phi) is 37.5. The molecular weight excluding hydrogens is 852 g/mol. The van der Waals surface area contributed by atoms with Crippen molar-refractivity contribution in [3.8, 4) is 0 Å². The lowest BCUT2D eigenvalue weighted by molar-refractivity contribution is -0.220. The average Bonchev–Trinajstić information content (AvgIpc) is 3.29. The van der Waals surface area contributed by atoms with Crippen LogP contribution in [0, 0.1) is 0 Å². The van der Waals surface area contributed by atoms with E-state index in [2.05, 4.69) is 74.6 Å². The van der Waals surface area contributed by atoms with E-state index in [0.29, 0.717) is 19.3 Å². The Bertz CT molecular complexity index is 1410. The van der Waals surface area contributed by atoms with Crippen molar-refractivity contribution in [1.82, 2.24) is 0 Å². The minimum Gasteiger partial charge on any atom is -0.462 e. The molecule has 6 unspecified atom stereocenters. The zero-order valence-electron chi connectivity index (χ0n) is 39.8. The van der Waals surface area contributed by atoms with Gasteiger partial charge >= 0.3 is 19.8 Å². The van der Waals surface area contributed by atoms with Gasteiger partial charge in [-0.15, -0.1) is 0 Å². The van der Waals surface area contributed by atoms with Gasteiger partial charge in [0.15, 0.2) is 6.10 Å². The molecule has 1 aliphatic carbocycles. The van der Waals surface area contributed by atoms with Crippen LogP contribution in [0.1, 0.15) is 181 Å². The van der Waals surface area contributed by atoms with Gasteiger partial charge in [-0.2, -0.15) is 0 Å². The number of hydrogen-bond donors (Lipinski definition) is 6. The monoisotopic (exact) mass is 939 g/mol. The normalized spacial score (nSPS) is 22.0.